The first-order valence-corrected chi connectivity index (χ1v) is 10.4. The van der Waals surface area contributed by atoms with Crippen molar-refractivity contribution in [3.8, 4) is 11.3 Å². The van der Waals surface area contributed by atoms with Crippen molar-refractivity contribution in [3.05, 3.63) is 33.1 Å². The van der Waals surface area contributed by atoms with Crippen LogP contribution in [0.1, 0.15) is 31.6 Å². The van der Waals surface area contributed by atoms with Crippen LogP contribution in [0.3, 0.4) is 0 Å². The number of carbonyl (C=O) groups is 2. The maximum atomic E-state index is 11.0. The molecule has 0 aliphatic heterocycles. The Morgan fingerprint density at radius 2 is 1.71 bits per heavy atom. The van der Waals surface area contributed by atoms with E-state index in [0.29, 0.717) is 21.1 Å². The minimum Gasteiger partial charge on any atom is -0.481 e. The number of hydrogen-bond acceptors (Lipinski definition) is 5. The molecule has 28 heavy (non-hydrogen) atoms. The van der Waals surface area contributed by atoms with E-state index >= 15 is 0 Å². The molecule has 1 aromatic heterocycles. The molecule has 0 fully saturated rings. The van der Waals surface area contributed by atoms with Gasteiger partial charge in [0.15, 0.2) is 5.13 Å². The summed E-state index contributed by atoms with van der Waals surface area (Å²) in [7, 11) is 0. The first-order chi connectivity index (χ1) is 13.2. The molecule has 0 amide bonds. The van der Waals surface area contributed by atoms with Gasteiger partial charge in [0.2, 0.25) is 0 Å². The lowest BCUT2D eigenvalue weighted by Gasteiger charge is -2.20. The molecule has 1 heterocycles. The number of carboxylic acids is 2. The average Bonchev–Trinajstić information content (AvgIpc) is 2.99. The van der Waals surface area contributed by atoms with Crippen LogP contribution in [0.25, 0.3) is 11.3 Å². The largest absolute Gasteiger partial charge is 0.481 e. The summed E-state index contributed by atoms with van der Waals surface area (Å²) in [5, 5.41) is 19.5. The quantitative estimate of drug-likeness (QED) is 0.531. The number of aliphatic carboxylic acids is 2. The highest BCUT2D eigenvalue weighted by molar-refractivity contribution is 7.16. The van der Waals surface area contributed by atoms with E-state index in [1.165, 1.54) is 11.3 Å². The van der Waals surface area contributed by atoms with Gasteiger partial charge in [-0.3, -0.25) is 9.59 Å². The van der Waals surface area contributed by atoms with E-state index in [1.807, 2.05) is 6.07 Å². The Balaban J connectivity index is 2.43. The second-order valence-corrected chi connectivity index (χ2v) is 8.65. The standard InChI is InChI=1S/C19H22Cl2N2O4S/c1-11(2)9-15-18(12-3-4-13(20)14(21)10-12)22-19(28-15)23(7-5-16(24)25)8-6-17(26)27/h3-4,10-11H,5-9H2,1-2H3,(H,24,25)(H,26,27). The zero-order valence-corrected chi connectivity index (χ0v) is 17.9. The van der Waals surface area contributed by atoms with Gasteiger partial charge >= 0.3 is 11.9 Å². The number of aromatic nitrogens is 1. The topological polar surface area (TPSA) is 90.7 Å². The maximum absolute atomic E-state index is 11.0. The fourth-order valence-corrected chi connectivity index (χ4v) is 4.26. The van der Waals surface area contributed by atoms with E-state index in [-0.39, 0.29) is 25.9 Å². The highest BCUT2D eigenvalue weighted by Gasteiger charge is 2.20. The predicted octanol–water partition coefficient (Wildman–Crippen LogP) is 5.07. The molecular weight excluding hydrogens is 423 g/mol. The molecule has 2 N–H and O–H groups in total. The summed E-state index contributed by atoms with van der Waals surface area (Å²) < 4.78 is 0. The predicted molar refractivity (Wildman–Crippen MR) is 113 cm³/mol. The third-order valence-corrected chi connectivity index (χ3v) is 5.81. The number of hydrogen-bond donors (Lipinski definition) is 2. The molecule has 0 bridgehead atoms. The van der Waals surface area contributed by atoms with Gasteiger partial charge in [0.25, 0.3) is 0 Å². The molecule has 152 valence electrons. The Hall–Kier alpha value is -1.83. The maximum Gasteiger partial charge on any atom is 0.305 e. The zero-order chi connectivity index (χ0) is 20.8. The second-order valence-electron chi connectivity index (χ2n) is 6.77. The van der Waals surface area contributed by atoms with Gasteiger partial charge in [-0.25, -0.2) is 4.98 Å². The minimum atomic E-state index is -0.941. The number of carboxylic acid groups (broad SMARTS) is 2. The van der Waals surface area contributed by atoms with Crippen LogP contribution in [-0.4, -0.2) is 40.2 Å². The first kappa shape index (κ1) is 22.5. The van der Waals surface area contributed by atoms with Crippen molar-refractivity contribution in [1.29, 1.82) is 0 Å². The summed E-state index contributed by atoms with van der Waals surface area (Å²) in [6, 6.07) is 5.31. The normalized spacial score (nSPS) is 11.0. The van der Waals surface area contributed by atoms with E-state index in [1.54, 1.807) is 17.0 Å². The van der Waals surface area contributed by atoms with E-state index in [4.69, 9.17) is 38.4 Å². The van der Waals surface area contributed by atoms with Gasteiger partial charge in [-0.05, 0) is 24.5 Å². The smallest absolute Gasteiger partial charge is 0.305 e. The molecule has 9 heteroatoms. The van der Waals surface area contributed by atoms with Crippen molar-refractivity contribution < 1.29 is 19.8 Å². The minimum absolute atomic E-state index is 0.0964. The number of nitrogens with zero attached hydrogens (tertiary/aromatic N) is 2. The zero-order valence-electron chi connectivity index (χ0n) is 15.6. The fourth-order valence-electron chi connectivity index (χ4n) is 2.62. The third-order valence-electron chi connectivity index (χ3n) is 3.93. The Morgan fingerprint density at radius 3 is 2.21 bits per heavy atom. The lowest BCUT2D eigenvalue weighted by atomic mass is 10.0. The van der Waals surface area contributed by atoms with Crippen molar-refractivity contribution in [2.24, 2.45) is 5.92 Å². The Labute approximate surface area is 177 Å². The number of halogens is 2. The Morgan fingerprint density at radius 1 is 1.11 bits per heavy atom. The lowest BCUT2D eigenvalue weighted by Crippen LogP contribution is -2.28. The number of thiazole rings is 1. The van der Waals surface area contributed by atoms with Gasteiger partial charge in [0, 0.05) is 23.5 Å². The molecule has 0 saturated heterocycles. The highest BCUT2D eigenvalue weighted by Crippen LogP contribution is 2.37. The fraction of sp³-hybridized carbons (Fsp3) is 0.421. The monoisotopic (exact) mass is 444 g/mol. The van der Waals surface area contributed by atoms with Crippen LogP contribution in [0.5, 0.6) is 0 Å². The van der Waals surface area contributed by atoms with Crippen LogP contribution in [0, 0.1) is 5.92 Å². The van der Waals surface area contributed by atoms with E-state index in [0.717, 1.165) is 22.6 Å². The first-order valence-electron chi connectivity index (χ1n) is 8.81. The average molecular weight is 445 g/mol. The van der Waals surface area contributed by atoms with Crippen molar-refractivity contribution >= 4 is 51.6 Å². The van der Waals surface area contributed by atoms with Crippen molar-refractivity contribution in [1.82, 2.24) is 4.98 Å². The van der Waals surface area contributed by atoms with E-state index in [9.17, 15) is 9.59 Å². The molecule has 6 nitrogen and oxygen atoms in total. The van der Waals surface area contributed by atoms with Crippen LogP contribution >= 0.6 is 34.5 Å². The summed E-state index contributed by atoms with van der Waals surface area (Å²) in [5.74, 6) is -1.49. The molecule has 0 atom stereocenters. The molecular formula is C19H22Cl2N2O4S. The van der Waals surface area contributed by atoms with Gasteiger partial charge in [0.05, 0.1) is 28.6 Å². The van der Waals surface area contributed by atoms with Crippen LogP contribution in [0.15, 0.2) is 18.2 Å². The third kappa shape index (κ3) is 6.36. The van der Waals surface area contributed by atoms with Gasteiger partial charge in [-0.15, -0.1) is 11.3 Å². The molecule has 0 saturated carbocycles. The molecule has 0 radical (unpaired) electrons. The van der Waals surface area contributed by atoms with Gasteiger partial charge in [0.1, 0.15) is 0 Å². The number of anilines is 1. The molecule has 2 rings (SSSR count). The Bertz CT molecular complexity index is 836. The van der Waals surface area contributed by atoms with E-state index < -0.39 is 11.9 Å². The van der Waals surface area contributed by atoms with Crippen LogP contribution in [0.2, 0.25) is 10.0 Å². The molecule has 0 unspecified atom stereocenters. The molecule has 1 aromatic carbocycles. The van der Waals surface area contributed by atoms with Crippen LogP contribution < -0.4 is 4.90 Å². The lowest BCUT2D eigenvalue weighted by molar-refractivity contribution is -0.137. The number of rotatable bonds is 10. The van der Waals surface area contributed by atoms with Crippen molar-refractivity contribution in [2.45, 2.75) is 33.1 Å². The summed E-state index contributed by atoms with van der Waals surface area (Å²) in [6.45, 7) is 4.59. The van der Waals surface area contributed by atoms with Gasteiger partial charge < -0.3 is 15.1 Å². The second kappa shape index (κ2) is 10.1. The summed E-state index contributed by atoms with van der Waals surface area (Å²) >= 11 is 13.6. The molecule has 2 aromatic rings. The SMILES string of the molecule is CC(C)Cc1sc(N(CCC(=O)O)CCC(=O)O)nc1-c1ccc(Cl)c(Cl)c1. The van der Waals surface area contributed by atoms with Crippen molar-refractivity contribution in [3.63, 3.8) is 0 Å². The molecule has 0 aliphatic rings. The van der Waals surface area contributed by atoms with Crippen LogP contribution in [-0.2, 0) is 16.0 Å². The van der Waals surface area contributed by atoms with Crippen molar-refractivity contribution in [2.75, 3.05) is 18.0 Å². The van der Waals surface area contributed by atoms with Crippen LogP contribution in [0.4, 0.5) is 5.13 Å². The summed E-state index contributed by atoms with van der Waals surface area (Å²) in [6.07, 6.45) is 0.598. The van der Waals surface area contributed by atoms with Gasteiger partial charge in [-0.1, -0.05) is 43.1 Å². The van der Waals surface area contributed by atoms with E-state index in [2.05, 4.69) is 13.8 Å². The Kier molecular flexibility index (Phi) is 8.10. The summed E-state index contributed by atoms with van der Waals surface area (Å²) in [4.78, 5) is 29.5. The molecule has 0 spiro atoms. The highest BCUT2D eigenvalue weighted by atomic mass is 35.5. The summed E-state index contributed by atoms with van der Waals surface area (Å²) in [5.41, 5.74) is 1.59. The number of benzene rings is 1. The molecule has 0 aliphatic carbocycles. The van der Waals surface area contributed by atoms with Gasteiger partial charge in [-0.2, -0.15) is 0 Å².